The van der Waals surface area contributed by atoms with E-state index in [1.165, 1.54) is 0 Å². The van der Waals surface area contributed by atoms with Gasteiger partial charge >= 0.3 is 0 Å². The van der Waals surface area contributed by atoms with Gasteiger partial charge in [-0.3, -0.25) is 4.79 Å². The number of carbonyl (C=O) groups is 1. The number of hydrogen-bond donors (Lipinski definition) is 2. The van der Waals surface area contributed by atoms with Crippen LogP contribution < -0.4 is 5.32 Å². The molecule has 0 saturated heterocycles. The summed E-state index contributed by atoms with van der Waals surface area (Å²) in [6, 6.07) is 12.6. The van der Waals surface area contributed by atoms with Gasteiger partial charge < -0.3 is 10.4 Å². The third kappa shape index (κ3) is 4.21. The first-order chi connectivity index (χ1) is 9.56. The van der Waals surface area contributed by atoms with Crippen molar-refractivity contribution in [3.8, 4) is 5.75 Å². The molecule has 2 aromatic rings. The van der Waals surface area contributed by atoms with Gasteiger partial charge in [0.1, 0.15) is 5.75 Å². The number of amides is 1. The fraction of sp³-hybridized carbons (Fsp3) is 0.133. The van der Waals surface area contributed by atoms with Crippen molar-refractivity contribution in [2.75, 3.05) is 6.54 Å². The largest absolute Gasteiger partial charge is 0.508 e. The van der Waals surface area contributed by atoms with E-state index in [1.807, 2.05) is 30.3 Å². The van der Waals surface area contributed by atoms with E-state index in [9.17, 15) is 9.90 Å². The van der Waals surface area contributed by atoms with Crippen LogP contribution in [0.2, 0.25) is 0 Å². The minimum atomic E-state index is -0.0746. The molecular formula is C15H13BrINO2. The van der Waals surface area contributed by atoms with Crippen LogP contribution in [0.25, 0.3) is 0 Å². The average molecular weight is 446 g/mol. The first-order valence-corrected chi connectivity index (χ1v) is 7.94. The van der Waals surface area contributed by atoms with E-state index in [-0.39, 0.29) is 11.7 Å². The topological polar surface area (TPSA) is 49.3 Å². The Morgan fingerprint density at radius 2 is 1.90 bits per heavy atom. The second-order valence-corrected chi connectivity index (χ2v) is 6.37. The smallest absolute Gasteiger partial charge is 0.252 e. The molecule has 0 atom stereocenters. The van der Waals surface area contributed by atoms with Crippen LogP contribution in [0.3, 0.4) is 0 Å². The van der Waals surface area contributed by atoms with Crippen molar-refractivity contribution in [3.05, 3.63) is 61.6 Å². The summed E-state index contributed by atoms with van der Waals surface area (Å²) in [7, 11) is 0. The van der Waals surface area contributed by atoms with Gasteiger partial charge in [-0.25, -0.2) is 0 Å². The summed E-state index contributed by atoms with van der Waals surface area (Å²) in [5.41, 5.74) is 1.75. The molecule has 3 nitrogen and oxygen atoms in total. The molecule has 0 aliphatic heterocycles. The zero-order valence-electron chi connectivity index (χ0n) is 10.6. The van der Waals surface area contributed by atoms with Gasteiger partial charge in [0.15, 0.2) is 0 Å². The Bertz CT molecular complexity index is 614. The minimum absolute atomic E-state index is 0.0746. The molecule has 0 aliphatic rings. The number of phenolic OH excluding ortho intramolecular Hbond substituents is 1. The molecule has 0 aromatic heterocycles. The highest BCUT2D eigenvalue weighted by Crippen LogP contribution is 2.18. The third-order valence-corrected chi connectivity index (χ3v) is 4.24. The second-order valence-electron chi connectivity index (χ2n) is 4.30. The molecule has 0 radical (unpaired) electrons. The van der Waals surface area contributed by atoms with Crippen LogP contribution in [0.5, 0.6) is 5.75 Å². The summed E-state index contributed by atoms with van der Waals surface area (Å²) in [4.78, 5) is 12.1. The van der Waals surface area contributed by atoms with Crippen LogP contribution in [0.15, 0.2) is 46.9 Å². The monoisotopic (exact) mass is 445 g/mol. The fourth-order valence-electron chi connectivity index (χ4n) is 1.75. The Morgan fingerprint density at radius 1 is 1.20 bits per heavy atom. The Kier molecular flexibility index (Phi) is 5.42. The lowest BCUT2D eigenvalue weighted by atomic mass is 10.1. The summed E-state index contributed by atoms with van der Waals surface area (Å²) in [5.74, 6) is 0.177. The van der Waals surface area contributed by atoms with E-state index in [0.29, 0.717) is 12.1 Å². The molecule has 0 saturated carbocycles. The normalized spacial score (nSPS) is 10.3. The molecule has 0 spiro atoms. The highest BCUT2D eigenvalue weighted by atomic mass is 127. The van der Waals surface area contributed by atoms with Crippen molar-refractivity contribution in [2.45, 2.75) is 6.42 Å². The van der Waals surface area contributed by atoms with Crippen LogP contribution in [0.1, 0.15) is 15.9 Å². The van der Waals surface area contributed by atoms with Crippen LogP contribution in [-0.4, -0.2) is 17.6 Å². The number of rotatable bonds is 4. The lowest BCUT2D eigenvalue weighted by Gasteiger charge is -2.07. The van der Waals surface area contributed by atoms with Crippen LogP contribution in [-0.2, 0) is 6.42 Å². The SMILES string of the molecule is O=C(NCCc1ccc(O)cc1)c1cc(Br)ccc1I. The van der Waals surface area contributed by atoms with E-state index in [0.717, 1.165) is 20.0 Å². The average Bonchev–Trinajstić information content (AvgIpc) is 2.43. The molecule has 1 amide bonds. The Labute approximate surface area is 139 Å². The number of carbonyl (C=O) groups excluding carboxylic acids is 1. The van der Waals surface area contributed by atoms with Gasteiger partial charge in [0.05, 0.1) is 5.56 Å². The minimum Gasteiger partial charge on any atom is -0.508 e. The van der Waals surface area contributed by atoms with Crippen molar-refractivity contribution < 1.29 is 9.90 Å². The maximum absolute atomic E-state index is 12.1. The highest BCUT2D eigenvalue weighted by molar-refractivity contribution is 14.1. The maximum Gasteiger partial charge on any atom is 0.252 e. The molecule has 2 rings (SSSR count). The predicted molar refractivity (Wildman–Crippen MR) is 91.0 cm³/mol. The molecule has 0 bridgehead atoms. The molecule has 104 valence electrons. The number of benzene rings is 2. The first-order valence-electron chi connectivity index (χ1n) is 6.07. The summed E-state index contributed by atoms with van der Waals surface area (Å²) in [6.45, 7) is 0.562. The van der Waals surface area contributed by atoms with Gasteiger partial charge in [-0.1, -0.05) is 28.1 Å². The summed E-state index contributed by atoms with van der Waals surface area (Å²) < 4.78 is 1.81. The quantitative estimate of drug-likeness (QED) is 0.704. The van der Waals surface area contributed by atoms with Gasteiger partial charge in [-0.05, 0) is 64.9 Å². The van der Waals surface area contributed by atoms with Crippen LogP contribution in [0, 0.1) is 3.57 Å². The first kappa shape index (κ1) is 15.3. The molecule has 2 N–H and O–H groups in total. The number of hydrogen-bond acceptors (Lipinski definition) is 2. The second kappa shape index (κ2) is 7.08. The third-order valence-electron chi connectivity index (χ3n) is 2.81. The Balaban J connectivity index is 1.92. The van der Waals surface area contributed by atoms with Crippen molar-refractivity contribution in [1.82, 2.24) is 5.32 Å². The number of halogens is 2. The Hall–Kier alpha value is -1.08. The van der Waals surface area contributed by atoms with Crippen molar-refractivity contribution >= 4 is 44.4 Å². The predicted octanol–water partition coefficient (Wildman–Crippen LogP) is 3.73. The number of phenols is 1. The standard InChI is InChI=1S/C15H13BrINO2/c16-11-3-6-14(17)13(9-11)15(20)18-8-7-10-1-4-12(19)5-2-10/h1-6,9,19H,7-8H2,(H,18,20). The van der Waals surface area contributed by atoms with E-state index in [1.54, 1.807) is 12.1 Å². The summed E-state index contributed by atoms with van der Waals surface area (Å²) in [6.07, 6.45) is 0.733. The molecule has 0 heterocycles. The van der Waals surface area contributed by atoms with Gasteiger partial charge in [0, 0.05) is 14.6 Å². The van der Waals surface area contributed by atoms with E-state index >= 15 is 0 Å². The van der Waals surface area contributed by atoms with E-state index < -0.39 is 0 Å². The Morgan fingerprint density at radius 3 is 2.60 bits per heavy atom. The van der Waals surface area contributed by atoms with Gasteiger partial charge in [-0.2, -0.15) is 0 Å². The number of aromatic hydroxyl groups is 1. The highest BCUT2D eigenvalue weighted by Gasteiger charge is 2.09. The van der Waals surface area contributed by atoms with Crippen molar-refractivity contribution in [2.24, 2.45) is 0 Å². The summed E-state index contributed by atoms with van der Waals surface area (Å²) in [5, 5.41) is 12.1. The molecule has 0 fully saturated rings. The van der Waals surface area contributed by atoms with Crippen LogP contribution >= 0.6 is 38.5 Å². The molecule has 5 heteroatoms. The van der Waals surface area contributed by atoms with Gasteiger partial charge in [0.25, 0.3) is 5.91 Å². The zero-order valence-corrected chi connectivity index (χ0v) is 14.3. The van der Waals surface area contributed by atoms with Crippen molar-refractivity contribution in [3.63, 3.8) is 0 Å². The van der Waals surface area contributed by atoms with Crippen LogP contribution in [0.4, 0.5) is 0 Å². The summed E-state index contributed by atoms with van der Waals surface area (Å²) >= 11 is 5.52. The molecular weight excluding hydrogens is 433 g/mol. The molecule has 20 heavy (non-hydrogen) atoms. The lowest BCUT2D eigenvalue weighted by molar-refractivity contribution is 0.0953. The van der Waals surface area contributed by atoms with Gasteiger partial charge in [-0.15, -0.1) is 0 Å². The molecule has 0 unspecified atom stereocenters. The number of nitrogens with one attached hydrogen (secondary N) is 1. The van der Waals surface area contributed by atoms with Gasteiger partial charge in [0.2, 0.25) is 0 Å². The molecule has 2 aromatic carbocycles. The lowest BCUT2D eigenvalue weighted by Crippen LogP contribution is -2.26. The fourth-order valence-corrected chi connectivity index (χ4v) is 2.69. The van der Waals surface area contributed by atoms with E-state index in [4.69, 9.17) is 0 Å². The molecule has 0 aliphatic carbocycles. The van der Waals surface area contributed by atoms with Crippen molar-refractivity contribution in [1.29, 1.82) is 0 Å². The maximum atomic E-state index is 12.1. The van der Waals surface area contributed by atoms with E-state index in [2.05, 4.69) is 43.8 Å². The zero-order chi connectivity index (χ0) is 14.5.